The van der Waals surface area contributed by atoms with Gasteiger partial charge in [-0.1, -0.05) is 141 Å². The molecular weight excluding hydrogens is 672 g/mol. The Bertz CT molecular complexity index is 1180. The molecule has 0 aliphatic rings. The molecule has 0 radical (unpaired) electrons. The first kappa shape index (κ1) is 49.6. The summed E-state index contributed by atoms with van der Waals surface area (Å²) in [6.45, 7) is 4.79. The largest absolute Gasteiger partial charge is 1.00 e. The molecular formula is C42H69NaO7S. The number of ether oxygens (including phenoxy) is 2. The van der Waals surface area contributed by atoms with Gasteiger partial charge in [0.05, 0.1) is 29.2 Å². The summed E-state index contributed by atoms with van der Waals surface area (Å²) in [5, 5.41) is 0. The van der Waals surface area contributed by atoms with E-state index in [0.29, 0.717) is 12.8 Å². The maximum atomic E-state index is 12.9. The van der Waals surface area contributed by atoms with E-state index in [1.54, 1.807) is 0 Å². The van der Waals surface area contributed by atoms with Gasteiger partial charge < -0.3 is 14.0 Å². The van der Waals surface area contributed by atoms with E-state index in [0.717, 1.165) is 56.7 Å². The van der Waals surface area contributed by atoms with Crippen molar-refractivity contribution in [3.8, 4) is 0 Å². The molecule has 0 fully saturated rings. The number of hydrogen-bond donors (Lipinski definition) is 0. The number of unbranched alkanes of at least 4 members (excludes halogenated alkanes) is 22. The molecule has 0 heterocycles. The van der Waals surface area contributed by atoms with Crippen LogP contribution in [0.25, 0.3) is 0 Å². The van der Waals surface area contributed by atoms with Gasteiger partial charge in [0.2, 0.25) is 0 Å². The molecule has 1 aromatic rings. The number of rotatable bonds is 33. The summed E-state index contributed by atoms with van der Waals surface area (Å²) in [5.74, 6) is -1.59. The first-order valence-corrected chi connectivity index (χ1v) is 21.5. The van der Waals surface area contributed by atoms with E-state index in [4.69, 9.17) is 9.47 Å². The van der Waals surface area contributed by atoms with Gasteiger partial charge in [-0.2, -0.15) is 0 Å². The number of allylic oxidation sites excluding steroid dienone is 4. The van der Waals surface area contributed by atoms with Gasteiger partial charge in [-0.05, 0) is 82.4 Å². The fraction of sp³-hybridized carbons (Fsp3) is 0.714. The van der Waals surface area contributed by atoms with Gasteiger partial charge in [0.25, 0.3) is 0 Å². The van der Waals surface area contributed by atoms with Crippen molar-refractivity contribution >= 4 is 22.1 Å². The van der Waals surface area contributed by atoms with E-state index in [1.165, 1.54) is 116 Å². The second-order valence-corrected chi connectivity index (χ2v) is 15.0. The predicted molar refractivity (Wildman–Crippen MR) is 205 cm³/mol. The molecule has 0 aliphatic heterocycles. The molecule has 0 spiro atoms. The second kappa shape index (κ2) is 34.3. The summed E-state index contributed by atoms with van der Waals surface area (Å²) in [6, 6.07) is 3.08. The topological polar surface area (TPSA) is 110 Å². The minimum absolute atomic E-state index is 0. The van der Waals surface area contributed by atoms with Crippen molar-refractivity contribution in [3.63, 3.8) is 0 Å². The summed E-state index contributed by atoms with van der Waals surface area (Å²) in [4.78, 5) is 25.1. The first-order valence-electron chi connectivity index (χ1n) is 20.0. The Hall–Kier alpha value is -1.45. The number of carbonyl (C=O) groups excluding carboxylic acids is 2. The second-order valence-electron chi connectivity index (χ2n) is 13.6. The molecule has 0 aromatic heterocycles. The molecule has 7 nitrogen and oxygen atoms in total. The van der Waals surface area contributed by atoms with Gasteiger partial charge in [0, 0.05) is 0 Å². The van der Waals surface area contributed by atoms with E-state index < -0.39 is 27.0 Å². The van der Waals surface area contributed by atoms with Gasteiger partial charge in [0.1, 0.15) is 10.1 Å². The van der Waals surface area contributed by atoms with E-state index in [9.17, 15) is 22.6 Å². The van der Waals surface area contributed by atoms with E-state index >= 15 is 0 Å². The summed E-state index contributed by atoms with van der Waals surface area (Å²) in [5.41, 5.74) is -0.380. The van der Waals surface area contributed by atoms with Crippen LogP contribution in [0.15, 0.2) is 47.4 Å². The molecule has 0 bridgehead atoms. The van der Waals surface area contributed by atoms with Crippen LogP contribution < -0.4 is 29.6 Å². The molecule has 0 amide bonds. The number of esters is 2. The molecule has 0 saturated heterocycles. The van der Waals surface area contributed by atoms with Gasteiger partial charge in [-0.3, -0.25) is 0 Å². The van der Waals surface area contributed by atoms with Crippen molar-refractivity contribution in [2.75, 3.05) is 13.2 Å². The Labute approximate surface area is 334 Å². The molecule has 0 atom stereocenters. The normalized spacial score (nSPS) is 11.7. The minimum atomic E-state index is -4.82. The molecule has 1 rings (SSSR count). The summed E-state index contributed by atoms with van der Waals surface area (Å²) in [6.07, 6.45) is 39.5. The number of benzene rings is 1. The van der Waals surface area contributed by atoms with Crippen LogP contribution in [0.3, 0.4) is 0 Å². The Morgan fingerprint density at radius 3 is 1.24 bits per heavy atom. The van der Waals surface area contributed by atoms with Crippen LogP contribution in [-0.4, -0.2) is 38.1 Å². The Balaban J connectivity index is 0.0000250. The molecule has 1 aromatic carbocycles. The van der Waals surface area contributed by atoms with Crippen LogP contribution in [0.4, 0.5) is 0 Å². The Morgan fingerprint density at radius 2 is 0.863 bits per heavy atom. The smallest absolute Gasteiger partial charge is 0.744 e. The van der Waals surface area contributed by atoms with Crippen molar-refractivity contribution in [3.05, 3.63) is 53.6 Å². The van der Waals surface area contributed by atoms with Crippen molar-refractivity contribution in [2.45, 2.75) is 186 Å². The van der Waals surface area contributed by atoms with Gasteiger partial charge >= 0.3 is 41.5 Å². The third-order valence-electron chi connectivity index (χ3n) is 9.00. The van der Waals surface area contributed by atoms with Crippen molar-refractivity contribution < 1.29 is 61.6 Å². The third-order valence-corrected chi connectivity index (χ3v) is 9.83. The summed E-state index contributed by atoms with van der Waals surface area (Å²) >= 11 is 0. The van der Waals surface area contributed by atoms with Crippen LogP contribution in [0, 0.1) is 0 Å². The minimum Gasteiger partial charge on any atom is -0.744 e. The van der Waals surface area contributed by atoms with Crippen molar-refractivity contribution in [1.82, 2.24) is 0 Å². The predicted octanol–water partition coefficient (Wildman–Crippen LogP) is 9.20. The third kappa shape index (κ3) is 27.8. The zero-order chi connectivity index (χ0) is 36.5. The fourth-order valence-electron chi connectivity index (χ4n) is 5.86. The molecule has 0 N–H and O–H groups in total. The number of hydrogen-bond acceptors (Lipinski definition) is 7. The maximum absolute atomic E-state index is 12.9. The van der Waals surface area contributed by atoms with E-state index in [-0.39, 0.29) is 53.9 Å². The summed E-state index contributed by atoms with van der Waals surface area (Å²) < 4.78 is 45.6. The first-order chi connectivity index (χ1) is 24.3. The Morgan fingerprint density at radius 1 is 0.529 bits per heavy atom. The van der Waals surface area contributed by atoms with Crippen LogP contribution in [0.5, 0.6) is 0 Å². The molecule has 0 unspecified atom stereocenters. The SMILES string of the molecule is CCCCCCCCCCC/C=C/CCCCOC(=O)c1ccc(S(=O)(=O)[O-])cc1C(=O)OCCCC/C=C/CCCCCCCCCCC.[Na+]. The molecule has 9 heteroatoms. The molecule has 286 valence electrons. The average Bonchev–Trinajstić information content (AvgIpc) is 3.10. The van der Waals surface area contributed by atoms with Crippen molar-refractivity contribution in [1.29, 1.82) is 0 Å². The van der Waals surface area contributed by atoms with Crippen LogP contribution in [0.2, 0.25) is 0 Å². The van der Waals surface area contributed by atoms with Gasteiger partial charge in [-0.25, -0.2) is 18.0 Å². The zero-order valence-corrected chi connectivity index (χ0v) is 35.4. The zero-order valence-electron chi connectivity index (χ0n) is 32.6. The van der Waals surface area contributed by atoms with E-state index in [1.807, 2.05) is 0 Å². The molecule has 51 heavy (non-hydrogen) atoms. The monoisotopic (exact) mass is 740 g/mol. The fourth-order valence-corrected chi connectivity index (χ4v) is 6.35. The van der Waals surface area contributed by atoms with Crippen LogP contribution in [-0.2, 0) is 19.6 Å². The average molecular weight is 741 g/mol. The maximum Gasteiger partial charge on any atom is 1.00 e. The van der Waals surface area contributed by atoms with E-state index in [2.05, 4.69) is 38.2 Å². The molecule has 0 aliphatic carbocycles. The van der Waals surface area contributed by atoms with Gasteiger partial charge in [0.15, 0.2) is 0 Å². The summed E-state index contributed by atoms with van der Waals surface area (Å²) in [7, 11) is -4.82. The standard InChI is InChI=1S/C42H70O7S.Na/c1-3-5-7-9-11-13-15-17-19-21-23-25-27-29-31-35-48-41(43)39-34-33-38(50(45,46)47)37-40(39)42(44)49-36-32-30-28-26-24-22-20-18-16-14-12-10-8-6-4-2;/h23-26,33-34,37H,3-22,27-32,35-36H2,1-2H3,(H,45,46,47);/q;+1/p-1/b25-23+,26-24+;. The number of carbonyl (C=O) groups is 2. The molecule has 0 saturated carbocycles. The van der Waals surface area contributed by atoms with Crippen LogP contribution >= 0.6 is 0 Å². The van der Waals surface area contributed by atoms with Crippen molar-refractivity contribution in [2.24, 2.45) is 0 Å². The quantitative estimate of drug-likeness (QED) is 0.0232. The Kier molecular flexibility index (Phi) is 33.4. The van der Waals surface area contributed by atoms with Crippen LogP contribution in [0.1, 0.15) is 202 Å². The van der Waals surface area contributed by atoms with Gasteiger partial charge in [-0.15, -0.1) is 0 Å².